The first-order chi connectivity index (χ1) is 8.11. The van der Waals surface area contributed by atoms with Gasteiger partial charge in [0.2, 0.25) is 0 Å². The van der Waals surface area contributed by atoms with Crippen LogP contribution in [0.5, 0.6) is 0 Å². The van der Waals surface area contributed by atoms with E-state index >= 15 is 0 Å². The van der Waals surface area contributed by atoms with Gasteiger partial charge in [-0.05, 0) is 24.7 Å². The first-order valence-corrected chi connectivity index (χ1v) is 5.46. The van der Waals surface area contributed by atoms with Crippen LogP contribution in [0.3, 0.4) is 0 Å². The van der Waals surface area contributed by atoms with Gasteiger partial charge >= 0.3 is 12.4 Å². The van der Waals surface area contributed by atoms with Crippen molar-refractivity contribution in [2.75, 3.05) is 13.2 Å². The zero-order valence-electron chi connectivity index (χ0n) is 9.30. The van der Waals surface area contributed by atoms with Crippen molar-refractivity contribution in [1.29, 1.82) is 0 Å². The van der Waals surface area contributed by atoms with E-state index in [1.807, 2.05) is 0 Å². The summed E-state index contributed by atoms with van der Waals surface area (Å²) < 4.78 is 69.4. The van der Waals surface area contributed by atoms with Gasteiger partial charge in [0.25, 0.3) is 0 Å². The lowest BCUT2D eigenvalue weighted by atomic mass is 10.3. The number of rotatable bonds is 2. The van der Waals surface area contributed by atoms with Crippen LogP contribution >= 0.6 is 0 Å². The topological polar surface area (TPSA) is 40.5 Å². The van der Waals surface area contributed by atoms with Crippen LogP contribution in [0.1, 0.15) is 12.8 Å². The van der Waals surface area contributed by atoms with Gasteiger partial charge in [-0.15, -0.1) is 0 Å². The van der Waals surface area contributed by atoms with E-state index < -0.39 is 36.0 Å². The van der Waals surface area contributed by atoms with E-state index in [0.717, 1.165) is 0 Å². The number of hydrogen-bond acceptors (Lipinski definition) is 2. The summed E-state index contributed by atoms with van der Waals surface area (Å²) in [6, 6.07) is 0. The fraction of sp³-hybridized carbons (Fsp3) is 1.00. The minimum Gasteiger partial charge on any atom is -0.396 e. The van der Waals surface area contributed by atoms with Crippen LogP contribution in [0.4, 0.5) is 26.3 Å². The molecule has 0 spiro atoms. The van der Waals surface area contributed by atoms with Crippen molar-refractivity contribution in [3.05, 3.63) is 0 Å². The molecule has 108 valence electrons. The summed E-state index contributed by atoms with van der Waals surface area (Å²) in [6.45, 7) is -0.658. The quantitative estimate of drug-likeness (QED) is 0.762. The monoisotopic (exact) mass is 280 g/mol. The summed E-state index contributed by atoms with van der Waals surface area (Å²) in [5.41, 5.74) is 0. The van der Waals surface area contributed by atoms with Crippen LogP contribution in [0.15, 0.2) is 0 Å². The molecule has 2 aliphatic carbocycles. The molecule has 0 aromatic carbocycles. The Labute approximate surface area is 99.6 Å². The molecular formula is C10H14F6O2. The smallest absolute Gasteiger partial charge is 0.392 e. The van der Waals surface area contributed by atoms with E-state index in [4.69, 9.17) is 10.2 Å². The fourth-order valence-corrected chi connectivity index (χ4v) is 1.70. The highest BCUT2D eigenvalue weighted by molar-refractivity contribution is 4.91. The van der Waals surface area contributed by atoms with Gasteiger partial charge in [0, 0.05) is 13.2 Å². The predicted octanol–water partition coefficient (Wildman–Crippen LogP) is 2.35. The van der Waals surface area contributed by atoms with Crippen LogP contribution in [0.2, 0.25) is 0 Å². The molecule has 2 saturated carbocycles. The second-order valence-electron chi connectivity index (χ2n) is 4.65. The van der Waals surface area contributed by atoms with Crippen molar-refractivity contribution < 1.29 is 36.6 Å². The summed E-state index contributed by atoms with van der Waals surface area (Å²) in [5.74, 6) is -3.46. The minimum atomic E-state index is -4.08. The van der Waals surface area contributed by atoms with Gasteiger partial charge in [-0.3, -0.25) is 0 Å². The van der Waals surface area contributed by atoms with Crippen molar-refractivity contribution in [2.24, 2.45) is 23.7 Å². The third-order valence-electron chi connectivity index (χ3n) is 3.16. The van der Waals surface area contributed by atoms with Gasteiger partial charge in [0.15, 0.2) is 0 Å². The fourth-order valence-electron chi connectivity index (χ4n) is 1.70. The number of aliphatic hydroxyl groups is 2. The molecule has 0 aromatic heterocycles. The molecule has 4 atom stereocenters. The van der Waals surface area contributed by atoms with Crippen molar-refractivity contribution in [3.8, 4) is 0 Å². The SMILES string of the molecule is OC[C@@H]1C[C@@H]1C(F)(F)F.OC[C@H]1C[C@H]1C(F)(F)F. The molecule has 0 heterocycles. The zero-order valence-corrected chi connectivity index (χ0v) is 9.30. The third-order valence-corrected chi connectivity index (χ3v) is 3.16. The highest BCUT2D eigenvalue weighted by atomic mass is 19.4. The molecular weight excluding hydrogens is 266 g/mol. The lowest BCUT2D eigenvalue weighted by molar-refractivity contribution is -0.152. The van der Waals surface area contributed by atoms with Crippen LogP contribution in [0, 0.1) is 23.7 Å². The van der Waals surface area contributed by atoms with Crippen LogP contribution in [-0.4, -0.2) is 35.8 Å². The molecule has 0 saturated heterocycles. The molecule has 2 rings (SSSR count). The van der Waals surface area contributed by atoms with Crippen molar-refractivity contribution in [3.63, 3.8) is 0 Å². The predicted molar refractivity (Wildman–Crippen MR) is 49.5 cm³/mol. The molecule has 0 radical (unpaired) electrons. The van der Waals surface area contributed by atoms with Gasteiger partial charge in [-0.2, -0.15) is 26.3 Å². The molecule has 0 bridgehead atoms. The van der Waals surface area contributed by atoms with E-state index in [1.165, 1.54) is 0 Å². The van der Waals surface area contributed by atoms with Crippen molar-refractivity contribution in [2.45, 2.75) is 25.2 Å². The normalized spacial score (nSPS) is 34.7. The molecule has 0 unspecified atom stereocenters. The van der Waals surface area contributed by atoms with Crippen LogP contribution in [-0.2, 0) is 0 Å². The number of aliphatic hydroxyl groups excluding tert-OH is 2. The molecule has 18 heavy (non-hydrogen) atoms. The Morgan fingerprint density at radius 2 is 1.00 bits per heavy atom. The van der Waals surface area contributed by atoms with E-state index in [1.54, 1.807) is 0 Å². The maximum Gasteiger partial charge on any atom is 0.392 e. The number of alkyl halides is 6. The average molecular weight is 280 g/mol. The highest BCUT2D eigenvalue weighted by Gasteiger charge is 2.55. The van der Waals surface area contributed by atoms with Gasteiger partial charge in [-0.25, -0.2) is 0 Å². The van der Waals surface area contributed by atoms with E-state index in [-0.39, 0.29) is 26.1 Å². The minimum absolute atomic E-state index is 0.111. The molecule has 2 nitrogen and oxygen atoms in total. The lowest BCUT2D eigenvalue weighted by Gasteiger charge is -2.02. The maximum absolute atomic E-state index is 11.6. The van der Waals surface area contributed by atoms with Crippen molar-refractivity contribution in [1.82, 2.24) is 0 Å². The first-order valence-electron chi connectivity index (χ1n) is 5.46. The molecule has 0 aromatic rings. The first kappa shape index (κ1) is 15.6. The molecule has 8 heteroatoms. The summed E-state index contributed by atoms with van der Waals surface area (Å²) in [7, 11) is 0. The van der Waals surface area contributed by atoms with Gasteiger partial charge in [-0.1, -0.05) is 0 Å². The van der Waals surface area contributed by atoms with Crippen molar-refractivity contribution >= 4 is 0 Å². The molecule has 0 aliphatic heterocycles. The largest absolute Gasteiger partial charge is 0.396 e. The Kier molecular flexibility index (Phi) is 4.53. The van der Waals surface area contributed by atoms with Gasteiger partial charge < -0.3 is 10.2 Å². The summed E-state index contributed by atoms with van der Waals surface area (Å²) >= 11 is 0. The van der Waals surface area contributed by atoms with E-state index in [0.29, 0.717) is 0 Å². The second-order valence-corrected chi connectivity index (χ2v) is 4.65. The highest BCUT2D eigenvalue weighted by Crippen LogP contribution is 2.50. The maximum atomic E-state index is 11.6. The summed E-state index contributed by atoms with van der Waals surface area (Å²) in [5, 5.41) is 16.5. The number of hydrogen-bond donors (Lipinski definition) is 2. The molecule has 2 aliphatic rings. The Balaban J connectivity index is 0.000000180. The molecule has 2 N–H and O–H groups in total. The Bertz CT molecular complexity index is 247. The lowest BCUT2D eigenvalue weighted by Crippen LogP contribution is -2.12. The van der Waals surface area contributed by atoms with Crippen LogP contribution < -0.4 is 0 Å². The summed E-state index contributed by atoms with van der Waals surface area (Å²) in [6.07, 6.45) is -7.93. The Hall–Kier alpha value is -0.500. The van der Waals surface area contributed by atoms with Gasteiger partial charge in [0.1, 0.15) is 0 Å². The zero-order chi connectivity index (χ0) is 14.1. The van der Waals surface area contributed by atoms with E-state index in [2.05, 4.69) is 0 Å². The average Bonchev–Trinajstić information content (AvgIpc) is 3.09. The Morgan fingerprint density at radius 1 is 0.722 bits per heavy atom. The number of halogens is 6. The Morgan fingerprint density at radius 3 is 1.06 bits per heavy atom. The molecule has 2 fully saturated rings. The van der Waals surface area contributed by atoms with E-state index in [9.17, 15) is 26.3 Å². The van der Waals surface area contributed by atoms with Crippen LogP contribution in [0.25, 0.3) is 0 Å². The summed E-state index contributed by atoms with van der Waals surface area (Å²) in [4.78, 5) is 0. The standard InChI is InChI=1S/2C5H7F3O/c2*6-5(7,8)4-1-3(4)2-9/h2*3-4,9H,1-2H2/t2*3-,4-/m10/s1. The molecule has 0 amide bonds. The third kappa shape index (κ3) is 4.31. The van der Waals surface area contributed by atoms with Gasteiger partial charge in [0.05, 0.1) is 11.8 Å². The second kappa shape index (κ2) is 5.24.